The number of aliphatic carboxylic acids is 1. The average Bonchev–Trinajstić information content (AvgIpc) is 2.57. The maximum Gasteiger partial charge on any atom is 0.303 e. The third-order valence-corrected chi connectivity index (χ3v) is 3.02. The minimum absolute atomic E-state index is 0.289. The van der Waals surface area contributed by atoms with Gasteiger partial charge in [-0.3, -0.25) is 9.48 Å². The summed E-state index contributed by atoms with van der Waals surface area (Å²) in [5.74, 6) is 0.334. The van der Waals surface area contributed by atoms with Crippen molar-refractivity contribution in [3.05, 3.63) is 12.4 Å². The minimum Gasteiger partial charge on any atom is -0.481 e. The Morgan fingerprint density at radius 1 is 1.53 bits per heavy atom. The van der Waals surface area contributed by atoms with Crippen LogP contribution in [0.3, 0.4) is 0 Å². The Bertz CT molecular complexity index is 312. The van der Waals surface area contributed by atoms with E-state index in [9.17, 15) is 4.79 Å². The van der Waals surface area contributed by atoms with Gasteiger partial charge in [0.05, 0.1) is 6.20 Å². The molecule has 0 atom stereocenters. The third kappa shape index (κ3) is 5.47. The SMILES string of the molecule is Cn1cc(SCCCCCC(=O)O)cn1. The summed E-state index contributed by atoms with van der Waals surface area (Å²) in [5.41, 5.74) is 0. The van der Waals surface area contributed by atoms with Gasteiger partial charge >= 0.3 is 5.97 Å². The summed E-state index contributed by atoms with van der Waals surface area (Å²) in [7, 11) is 1.90. The van der Waals surface area contributed by atoms with Crippen LogP contribution in [0.2, 0.25) is 0 Å². The molecule has 1 aromatic heterocycles. The fourth-order valence-corrected chi connectivity index (χ4v) is 2.15. The number of hydrogen-bond donors (Lipinski definition) is 1. The van der Waals surface area contributed by atoms with Gasteiger partial charge in [0.25, 0.3) is 0 Å². The van der Waals surface area contributed by atoms with Crippen molar-refractivity contribution in [3.63, 3.8) is 0 Å². The van der Waals surface area contributed by atoms with Crippen molar-refractivity contribution in [1.82, 2.24) is 9.78 Å². The lowest BCUT2D eigenvalue weighted by Crippen LogP contribution is -1.93. The zero-order valence-electron chi connectivity index (χ0n) is 8.85. The van der Waals surface area contributed by atoms with E-state index in [2.05, 4.69) is 5.10 Å². The van der Waals surface area contributed by atoms with Gasteiger partial charge in [-0.05, 0) is 18.6 Å². The molecule has 0 aliphatic rings. The van der Waals surface area contributed by atoms with Crippen LogP contribution in [0.5, 0.6) is 0 Å². The molecule has 1 N–H and O–H groups in total. The quantitative estimate of drug-likeness (QED) is 0.574. The minimum atomic E-state index is -0.699. The fraction of sp³-hybridized carbons (Fsp3) is 0.600. The van der Waals surface area contributed by atoms with Gasteiger partial charge in [0, 0.05) is 24.6 Å². The van der Waals surface area contributed by atoms with Crippen LogP contribution in [-0.4, -0.2) is 26.6 Å². The highest BCUT2D eigenvalue weighted by Crippen LogP contribution is 2.18. The molecule has 0 aliphatic heterocycles. The highest BCUT2D eigenvalue weighted by atomic mass is 32.2. The van der Waals surface area contributed by atoms with Crippen molar-refractivity contribution in [2.24, 2.45) is 7.05 Å². The van der Waals surface area contributed by atoms with Crippen LogP contribution in [0.15, 0.2) is 17.3 Å². The highest BCUT2D eigenvalue weighted by molar-refractivity contribution is 7.99. The Morgan fingerprint density at radius 2 is 2.33 bits per heavy atom. The number of rotatable bonds is 7. The van der Waals surface area contributed by atoms with Gasteiger partial charge in [0.2, 0.25) is 0 Å². The number of unbranched alkanes of at least 4 members (excludes halogenated alkanes) is 2. The van der Waals surface area contributed by atoms with E-state index in [1.165, 1.54) is 4.90 Å². The smallest absolute Gasteiger partial charge is 0.303 e. The molecular formula is C10H16N2O2S. The number of carboxylic acid groups (broad SMARTS) is 1. The molecule has 0 amide bonds. The lowest BCUT2D eigenvalue weighted by Gasteiger charge is -1.98. The summed E-state index contributed by atoms with van der Waals surface area (Å²) in [6.07, 6.45) is 6.96. The Labute approximate surface area is 93.7 Å². The molecule has 5 heteroatoms. The predicted octanol–water partition coefficient (Wildman–Crippen LogP) is 2.16. The van der Waals surface area contributed by atoms with Crippen molar-refractivity contribution >= 4 is 17.7 Å². The van der Waals surface area contributed by atoms with Gasteiger partial charge < -0.3 is 5.11 Å². The van der Waals surface area contributed by atoms with Crippen LogP contribution in [0, 0.1) is 0 Å². The van der Waals surface area contributed by atoms with Gasteiger partial charge in [-0.25, -0.2) is 0 Å². The summed E-state index contributed by atoms with van der Waals surface area (Å²) in [5, 5.41) is 12.5. The Balaban J connectivity index is 2.00. The fourth-order valence-electron chi connectivity index (χ4n) is 1.22. The molecule has 0 spiro atoms. The number of hydrogen-bond acceptors (Lipinski definition) is 3. The molecule has 0 saturated carbocycles. The van der Waals surface area contributed by atoms with Gasteiger partial charge in [-0.15, -0.1) is 11.8 Å². The molecule has 1 heterocycles. The van der Waals surface area contributed by atoms with Crippen LogP contribution in [0.4, 0.5) is 0 Å². The Hall–Kier alpha value is -0.970. The molecule has 0 aliphatic carbocycles. The van der Waals surface area contributed by atoms with Crippen molar-refractivity contribution in [2.45, 2.75) is 30.6 Å². The second-order valence-electron chi connectivity index (χ2n) is 3.40. The second kappa shape index (κ2) is 6.50. The van der Waals surface area contributed by atoms with Crippen LogP contribution >= 0.6 is 11.8 Å². The van der Waals surface area contributed by atoms with E-state index in [0.717, 1.165) is 25.0 Å². The monoisotopic (exact) mass is 228 g/mol. The van der Waals surface area contributed by atoms with Gasteiger partial charge in [-0.2, -0.15) is 5.10 Å². The van der Waals surface area contributed by atoms with E-state index in [4.69, 9.17) is 5.11 Å². The third-order valence-electron chi connectivity index (χ3n) is 1.98. The van der Waals surface area contributed by atoms with Gasteiger partial charge in [0.15, 0.2) is 0 Å². The number of thioether (sulfide) groups is 1. The van der Waals surface area contributed by atoms with Gasteiger partial charge in [-0.1, -0.05) is 6.42 Å². The van der Waals surface area contributed by atoms with E-state index in [0.29, 0.717) is 0 Å². The molecule has 84 valence electrons. The van der Waals surface area contributed by atoms with E-state index in [1.807, 2.05) is 19.4 Å². The first-order valence-corrected chi connectivity index (χ1v) is 6.00. The first kappa shape index (κ1) is 12.1. The molecule has 0 unspecified atom stereocenters. The standard InChI is InChI=1S/C10H16N2O2S/c1-12-8-9(7-11-12)15-6-4-2-3-5-10(13)14/h7-8H,2-6H2,1H3,(H,13,14). The molecular weight excluding hydrogens is 212 g/mol. The van der Waals surface area contributed by atoms with Crippen LogP contribution < -0.4 is 0 Å². The average molecular weight is 228 g/mol. The second-order valence-corrected chi connectivity index (χ2v) is 4.57. The Kier molecular flexibility index (Phi) is 5.25. The molecule has 0 bridgehead atoms. The normalized spacial score (nSPS) is 10.5. The van der Waals surface area contributed by atoms with E-state index in [1.54, 1.807) is 16.4 Å². The highest BCUT2D eigenvalue weighted by Gasteiger charge is 1.98. The summed E-state index contributed by atoms with van der Waals surface area (Å²) in [6.45, 7) is 0. The molecule has 15 heavy (non-hydrogen) atoms. The van der Waals surface area contributed by atoms with Crippen LogP contribution in [0.25, 0.3) is 0 Å². The number of carboxylic acids is 1. The number of carbonyl (C=O) groups is 1. The Morgan fingerprint density at radius 3 is 2.93 bits per heavy atom. The molecule has 1 aromatic rings. The van der Waals surface area contributed by atoms with Crippen molar-refractivity contribution in [2.75, 3.05) is 5.75 Å². The lowest BCUT2D eigenvalue weighted by atomic mass is 10.2. The largest absolute Gasteiger partial charge is 0.481 e. The van der Waals surface area contributed by atoms with Crippen LogP contribution in [-0.2, 0) is 11.8 Å². The van der Waals surface area contributed by atoms with Crippen molar-refractivity contribution in [1.29, 1.82) is 0 Å². The van der Waals surface area contributed by atoms with Crippen LogP contribution in [0.1, 0.15) is 25.7 Å². The summed E-state index contributed by atoms with van der Waals surface area (Å²) >= 11 is 1.77. The van der Waals surface area contributed by atoms with Gasteiger partial charge in [0.1, 0.15) is 0 Å². The molecule has 0 saturated heterocycles. The first-order chi connectivity index (χ1) is 7.18. The number of nitrogens with zero attached hydrogens (tertiary/aromatic N) is 2. The van der Waals surface area contributed by atoms with E-state index in [-0.39, 0.29) is 6.42 Å². The summed E-state index contributed by atoms with van der Waals surface area (Å²) in [6, 6.07) is 0. The number of aryl methyl sites for hydroxylation is 1. The lowest BCUT2D eigenvalue weighted by molar-refractivity contribution is -0.137. The predicted molar refractivity (Wildman–Crippen MR) is 60.0 cm³/mol. The maximum atomic E-state index is 10.2. The van der Waals surface area contributed by atoms with E-state index >= 15 is 0 Å². The summed E-state index contributed by atoms with van der Waals surface area (Å²) in [4.78, 5) is 11.4. The zero-order valence-corrected chi connectivity index (χ0v) is 9.66. The molecule has 0 radical (unpaired) electrons. The topological polar surface area (TPSA) is 55.1 Å². The van der Waals surface area contributed by atoms with Crippen molar-refractivity contribution < 1.29 is 9.90 Å². The zero-order chi connectivity index (χ0) is 11.1. The molecule has 0 fully saturated rings. The van der Waals surface area contributed by atoms with Crippen molar-refractivity contribution in [3.8, 4) is 0 Å². The molecule has 4 nitrogen and oxygen atoms in total. The molecule has 1 rings (SSSR count). The summed E-state index contributed by atoms with van der Waals surface area (Å²) < 4.78 is 1.78. The number of aromatic nitrogens is 2. The first-order valence-electron chi connectivity index (χ1n) is 5.02. The van der Waals surface area contributed by atoms with E-state index < -0.39 is 5.97 Å². The maximum absolute atomic E-state index is 10.2. The molecule has 0 aromatic carbocycles.